The summed E-state index contributed by atoms with van der Waals surface area (Å²) in [5.74, 6) is 0.920. The summed E-state index contributed by atoms with van der Waals surface area (Å²) in [5.41, 5.74) is 1.02. The minimum absolute atomic E-state index is 0.152. The molecule has 0 aromatic heterocycles. The van der Waals surface area contributed by atoms with E-state index in [0.29, 0.717) is 6.61 Å². The normalized spacial score (nSPS) is 13.4. The fourth-order valence-corrected chi connectivity index (χ4v) is 2.00. The zero-order valence-corrected chi connectivity index (χ0v) is 14.0. The summed E-state index contributed by atoms with van der Waals surface area (Å²) in [5, 5.41) is 3.24. The molecule has 0 amide bonds. The van der Waals surface area contributed by atoms with Gasteiger partial charge in [-0.1, -0.05) is 22.0 Å². The van der Waals surface area contributed by atoms with Crippen molar-refractivity contribution in [2.24, 2.45) is 0 Å². The number of nitrogens with one attached hydrogen (secondary N) is 1. The average molecular weight is 330 g/mol. The smallest absolute Gasteiger partial charge is 0.125 e. The van der Waals surface area contributed by atoms with Gasteiger partial charge in [-0.05, 0) is 40.0 Å². The Bertz CT molecular complexity index is 407. The van der Waals surface area contributed by atoms with Gasteiger partial charge in [0.1, 0.15) is 5.75 Å². The summed E-state index contributed by atoms with van der Waals surface area (Å²) in [6.45, 7) is 6.89. The van der Waals surface area contributed by atoms with Gasteiger partial charge in [0.05, 0.1) is 12.2 Å². The molecule has 0 radical (unpaired) electrons. The maximum absolute atomic E-state index is 5.93. The molecule has 0 saturated heterocycles. The predicted molar refractivity (Wildman–Crippen MR) is 82.8 cm³/mol. The number of benzene rings is 1. The molecule has 108 valence electrons. The molecule has 0 heterocycles. The molecule has 1 aromatic carbocycles. The van der Waals surface area contributed by atoms with E-state index in [0.717, 1.165) is 16.6 Å². The number of hydrogen-bond donors (Lipinski definition) is 1. The predicted octanol–water partition coefficient (Wildman–Crippen LogP) is 3.92. The first-order valence-corrected chi connectivity index (χ1v) is 7.33. The van der Waals surface area contributed by atoms with Gasteiger partial charge in [0, 0.05) is 29.6 Å². The largest absolute Gasteiger partial charge is 0.493 e. The topological polar surface area (TPSA) is 30.5 Å². The molecule has 4 heteroatoms. The van der Waals surface area contributed by atoms with E-state index in [1.54, 1.807) is 7.11 Å². The van der Waals surface area contributed by atoms with Gasteiger partial charge >= 0.3 is 0 Å². The lowest BCUT2D eigenvalue weighted by Gasteiger charge is -2.23. The minimum Gasteiger partial charge on any atom is -0.493 e. The Morgan fingerprint density at radius 1 is 1.37 bits per heavy atom. The van der Waals surface area contributed by atoms with Crippen molar-refractivity contribution in [3.05, 3.63) is 28.2 Å². The average Bonchev–Trinajstić information content (AvgIpc) is 2.38. The summed E-state index contributed by atoms with van der Waals surface area (Å²) in [6, 6.07) is 6.40. The highest BCUT2D eigenvalue weighted by atomic mass is 79.9. The third-order valence-corrected chi connectivity index (χ3v) is 3.88. The van der Waals surface area contributed by atoms with Crippen LogP contribution >= 0.6 is 15.9 Å². The van der Waals surface area contributed by atoms with Crippen molar-refractivity contribution in [3.8, 4) is 5.75 Å². The Morgan fingerprint density at radius 3 is 2.63 bits per heavy atom. The second kappa shape index (κ2) is 7.27. The van der Waals surface area contributed by atoms with Crippen LogP contribution in [0.15, 0.2) is 22.7 Å². The molecular weight excluding hydrogens is 306 g/mol. The van der Waals surface area contributed by atoms with Crippen molar-refractivity contribution >= 4 is 15.9 Å². The summed E-state index contributed by atoms with van der Waals surface area (Å²) in [6.07, 6.45) is 0.851. The molecule has 19 heavy (non-hydrogen) atoms. The van der Waals surface area contributed by atoms with Crippen LogP contribution in [0.25, 0.3) is 0 Å². The van der Waals surface area contributed by atoms with Crippen molar-refractivity contribution in [2.45, 2.75) is 38.8 Å². The standard InChI is InChI=1S/C15H24BrNO2/c1-11(17-4)13-7-6-12(16)10-14(13)19-9-8-15(2,3)18-5/h6-7,10-11,17H,8-9H2,1-5H3. The third kappa shape index (κ3) is 5.13. The molecule has 1 aromatic rings. The van der Waals surface area contributed by atoms with Crippen LogP contribution in [0, 0.1) is 0 Å². The molecular formula is C15H24BrNO2. The van der Waals surface area contributed by atoms with Crippen LogP contribution in [0.4, 0.5) is 0 Å². The summed E-state index contributed by atoms with van der Waals surface area (Å²) in [4.78, 5) is 0. The number of ether oxygens (including phenoxy) is 2. The molecule has 1 N–H and O–H groups in total. The first kappa shape index (κ1) is 16.5. The molecule has 0 aliphatic rings. The number of hydrogen-bond acceptors (Lipinski definition) is 3. The van der Waals surface area contributed by atoms with Gasteiger partial charge in [-0.2, -0.15) is 0 Å². The SMILES string of the molecule is CNC(C)c1ccc(Br)cc1OCCC(C)(C)OC. The minimum atomic E-state index is -0.152. The quantitative estimate of drug-likeness (QED) is 0.822. The van der Waals surface area contributed by atoms with E-state index >= 15 is 0 Å². The van der Waals surface area contributed by atoms with Gasteiger partial charge in [-0.15, -0.1) is 0 Å². The van der Waals surface area contributed by atoms with Crippen LogP contribution < -0.4 is 10.1 Å². The van der Waals surface area contributed by atoms with Crippen LogP contribution in [-0.4, -0.2) is 26.4 Å². The second-order valence-corrected chi connectivity index (χ2v) is 6.17. The molecule has 1 rings (SSSR count). The highest BCUT2D eigenvalue weighted by Gasteiger charge is 2.17. The van der Waals surface area contributed by atoms with Gasteiger partial charge in [0.25, 0.3) is 0 Å². The maximum Gasteiger partial charge on any atom is 0.125 e. The van der Waals surface area contributed by atoms with Crippen LogP contribution in [0.3, 0.4) is 0 Å². The fraction of sp³-hybridized carbons (Fsp3) is 0.600. The van der Waals surface area contributed by atoms with E-state index in [2.05, 4.69) is 48.1 Å². The lowest BCUT2D eigenvalue weighted by Crippen LogP contribution is -2.25. The Hall–Kier alpha value is -0.580. The van der Waals surface area contributed by atoms with E-state index in [4.69, 9.17) is 9.47 Å². The van der Waals surface area contributed by atoms with Gasteiger partial charge < -0.3 is 14.8 Å². The molecule has 0 saturated carbocycles. The number of halogens is 1. The van der Waals surface area contributed by atoms with Crippen molar-refractivity contribution in [1.82, 2.24) is 5.32 Å². The number of rotatable bonds is 7. The first-order valence-electron chi connectivity index (χ1n) is 6.54. The zero-order valence-electron chi connectivity index (χ0n) is 12.4. The van der Waals surface area contributed by atoms with Crippen LogP contribution in [0.5, 0.6) is 5.75 Å². The van der Waals surface area contributed by atoms with E-state index in [1.807, 2.05) is 19.2 Å². The van der Waals surface area contributed by atoms with Gasteiger partial charge in [0.2, 0.25) is 0 Å². The van der Waals surface area contributed by atoms with Crippen molar-refractivity contribution in [2.75, 3.05) is 20.8 Å². The Balaban J connectivity index is 2.74. The Kier molecular flexibility index (Phi) is 6.30. The molecule has 0 aliphatic heterocycles. The van der Waals surface area contributed by atoms with Gasteiger partial charge in [-0.25, -0.2) is 0 Å². The Morgan fingerprint density at radius 2 is 2.05 bits per heavy atom. The first-order chi connectivity index (χ1) is 8.89. The molecule has 0 aliphatic carbocycles. The molecule has 0 fully saturated rings. The van der Waals surface area contributed by atoms with Crippen LogP contribution in [-0.2, 0) is 4.74 Å². The maximum atomic E-state index is 5.93. The van der Waals surface area contributed by atoms with Crippen LogP contribution in [0.2, 0.25) is 0 Å². The molecule has 0 spiro atoms. The third-order valence-electron chi connectivity index (χ3n) is 3.39. The molecule has 0 bridgehead atoms. The van der Waals surface area contributed by atoms with E-state index in [-0.39, 0.29) is 11.6 Å². The van der Waals surface area contributed by atoms with Gasteiger partial charge in [-0.3, -0.25) is 0 Å². The summed E-state index contributed by atoms with van der Waals surface area (Å²) < 4.78 is 12.4. The monoisotopic (exact) mass is 329 g/mol. The highest BCUT2D eigenvalue weighted by molar-refractivity contribution is 9.10. The van der Waals surface area contributed by atoms with Crippen molar-refractivity contribution in [1.29, 1.82) is 0 Å². The molecule has 3 nitrogen and oxygen atoms in total. The van der Waals surface area contributed by atoms with E-state index < -0.39 is 0 Å². The van der Waals surface area contributed by atoms with Gasteiger partial charge in [0.15, 0.2) is 0 Å². The lowest BCUT2D eigenvalue weighted by molar-refractivity contribution is 0.00534. The van der Waals surface area contributed by atoms with E-state index in [1.165, 1.54) is 5.56 Å². The summed E-state index contributed by atoms with van der Waals surface area (Å²) >= 11 is 3.49. The van der Waals surface area contributed by atoms with Crippen molar-refractivity contribution < 1.29 is 9.47 Å². The van der Waals surface area contributed by atoms with Crippen LogP contribution in [0.1, 0.15) is 38.8 Å². The second-order valence-electron chi connectivity index (χ2n) is 5.25. The number of methoxy groups -OCH3 is 1. The Labute approximate surface area is 124 Å². The molecule has 1 atom stereocenters. The summed E-state index contributed by atoms with van der Waals surface area (Å²) in [7, 11) is 3.68. The van der Waals surface area contributed by atoms with Crippen molar-refractivity contribution in [3.63, 3.8) is 0 Å². The highest BCUT2D eigenvalue weighted by Crippen LogP contribution is 2.29. The molecule has 1 unspecified atom stereocenters. The van der Waals surface area contributed by atoms with E-state index in [9.17, 15) is 0 Å². The fourth-order valence-electron chi connectivity index (χ4n) is 1.66. The lowest BCUT2D eigenvalue weighted by atomic mass is 10.1. The zero-order chi connectivity index (χ0) is 14.5.